The minimum atomic E-state index is -3.04. The molecule has 7 heteroatoms. The summed E-state index contributed by atoms with van der Waals surface area (Å²) in [6.45, 7) is 1.98. The zero-order valence-electron chi connectivity index (χ0n) is 9.63. The molecule has 1 aromatic rings. The molecule has 6 nitrogen and oxygen atoms in total. The Morgan fingerprint density at radius 2 is 2.24 bits per heavy atom. The van der Waals surface area contributed by atoms with Crippen molar-refractivity contribution in [2.75, 3.05) is 12.0 Å². The van der Waals surface area contributed by atoms with Gasteiger partial charge in [0.05, 0.1) is 12.0 Å². The predicted octanol–water partition coefficient (Wildman–Crippen LogP) is 0.500. The van der Waals surface area contributed by atoms with Gasteiger partial charge in [0.1, 0.15) is 9.84 Å². The van der Waals surface area contributed by atoms with E-state index in [9.17, 15) is 13.2 Å². The molecule has 1 atom stereocenters. The van der Waals surface area contributed by atoms with E-state index in [1.165, 1.54) is 6.26 Å². The van der Waals surface area contributed by atoms with E-state index in [-0.39, 0.29) is 24.1 Å². The average Bonchev–Trinajstić information content (AvgIpc) is 2.59. The lowest BCUT2D eigenvalue weighted by Gasteiger charge is -2.11. The van der Waals surface area contributed by atoms with E-state index < -0.39 is 15.8 Å². The normalized spacial score (nSPS) is 13.5. The molecule has 1 unspecified atom stereocenters. The number of carboxylic acid groups (broad SMARTS) is 1. The standard InChI is InChI=1S/C10H15NO5S/c1-7(6-17(2,14)15)11-5-8-3-4-16-9(8)10(12)13/h3-4,7,11H,5-6H2,1-2H3,(H,12,13). The van der Waals surface area contributed by atoms with Crippen LogP contribution in [0.2, 0.25) is 0 Å². The van der Waals surface area contributed by atoms with Crippen LogP contribution in [0.5, 0.6) is 0 Å². The Morgan fingerprint density at radius 1 is 1.59 bits per heavy atom. The van der Waals surface area contributed by atoms with Crippen LogP contribution < -0.4 is 5.32 Å². The van der Waals surface area contributed by atoms with E-state index in [2.05, 4.69) is 5.32 Å². The van der Waals surface area contributed by atoms with Gasteiger partial charge in [0.15, 0.2) is 0 Å². The topological polar surface area (TPSA) is 96.6 Å². The summed E-state index contributed by atoms with van der Waals surface area (Å²) in [5.74, 6) is -1.25. The Balaban J connectivity index is 2.56. The average molecular weight is 261 g/mol. The van der Waals surface area contributed by atoms with Crippen molar-refractivity contribution in [3.63, 3.8) is 0 Å². The van der Waals surface area contributed by atoms with Crippen LogP contribution in [0.15, 0.2) is 16.7 Å². The van der Waals surface area contributed by atoms with Crippen LogP contribution in [-0.4, -0.2) is 37.5 Å². The van der Waals surface area contributed by atoms with Gasteiger partial charge in [-0.2, -0.15) is 0 Å². The van der Waals surface area contributed by atoms with Crippen molar-refractivity contribution in [1.29, 1.82) is 0 Å². The molecule has 1 rings (SSSR count). The number of carbonyl (C=O) groups is 1. The number of furan rings is 1. The van der Waals surface area contributed by atoms with Gasteiger partial charge < -0.3 is 14.8 Å². The molecule has 0 saturated carbocycles. The summed E-state index contributed by atoms with van der Waals surface area (Å²) >= 11 is 0. The summed E-state index contributed by atoms with van der Waals surface area (Å²) in [4.78, 5) is 10.7. The molecule has 0 fully saturated rings. The lowest BCUT2D eigenvalue weighted by molar-refractivity contribution is 0.0660. The highest BCUT2D eigenvalue weighted by Crippen LogP contribution is 2.10. The van der Waals surface area contributed by atoms with Gasteiger partial charge in [-0.3, -0.25) is 0 Å². The molecule has 0 aromatic carbocycles. The first-order chi connectivity index (χ1) is 7.79. The molecule has 0 aliphatic carbocycles. The van der Waals surface area contributed by atoms with Crippen molar-refractivity contribution >= 4 is 15.8 Å². The van der Waals surface area contributed by atoms with Gasteiger partial charge in [0.25, 0.3) is 0 Å². The van der Waals surface area contributed by atoms with Crippen LogP contribution in [0.3, 0.4) is 0 Å². The third-order valence-corrected chi connectivity index (χ3v) is 3.24. The van der Waals surface area contributed by atoms with Crippen molar-refractivity contribution in [3.8, 4) is 0 Å². The number of aromatic carboxylic acids is 1. The van der Waals surface area contributed by atoms with Gasteiger partial charge in [0.2, 0.25) is 5.76 Å². The Hall–Kier alpha value is -1.34. The van der Waals surface area contributed by atoms with Crippen molar-refractivity contribution in [2.45, 2.75) is 19.5 Å². The van der Waals surface area contributed by atoms with Crippen molar-refractivity contribution in [3.05, 3.63) is 23.7 Å². The number of rotatable bonds is 6. The lowest BCUT2D eigenvalue weighted by Crippen LogP contribution is -2.32. The molecule has 1 aromatic heterocycles. The first-order valence-electron chi connectivity index (χ1n) is 5.00. The minimum absolute atomic E-state index is 0.00720. The highest BCUT2D eigenvalue weighted by atomic mass is 32.2. The second kappa shape index (κ2) is 5.33. The van der Waals surface area contributed by atoms with Gasteiger partial charge in [-0.15, -0.1) is 0 Å². The molecule has 96 valence electrons. The zero-order chi connectivity index (χ0) is 13.1. The fourth-order valence-corrected chi connectivity index (χ4v) is 2.49. The summed E-state index contributed by atoms with van der Waals surface area (Å²) in [6.07, 6.45) is 2.45. The molecule has 0 bridgehead atoms. The highest BCUT2D eigenvalue weighted by Gasteiger charge is 2.15. The smallest absolute Gasteiger partial charge is 0.372 e. The number of carboxylic acids is 1. The van der Waals surface area contributed by atoms with E-state index in [1.54, 1.807) is 13.0 Å². The Kier molecular flexibility index (Phi) is 4.30. The molecule has 17 heavy (non-hydrogen) atoms. The van der Waals surface area contributed by atoms with E-state index >= 15 is 0 Å². The van der Waals surface area contributed by atoms with Crippen molar-refractivity contribution < 1.29 is 22.7 Å². The van der Waals surface area contributed by atoms with Crippen molar-refractivity contribution in [2.24, 2.45) is 0 Å². The molecule has 0 radical (unpaired) electrons. The molecular formula is C10H15NO5S. The van der Waals surface area contributed by atoms with E-state index in [4.69, 9.17) is 9.52 Å². The van der Waals surface area contributed by atoms with Gasteiger partial charge >= 0.3 is 5.97 Å². The van der Waals surface area contributed by atoms with Gasteiger partial charge in [-0.25, -0.2) is 13.2 Å². The van der Waals surface area contributed by atoms with Crippen molar-refractivity contribution in [1.82, 2.24) is 5.32 Å². The predicted molar refractivity (Wildman–Crippen MR) is 61.7 cm³/mol. The molecule has 1 heterocycles. The third kappa shape index (κ3) is 4.58. The number of sulfone groups is 1. The van der Waals surface area contributed by atoms with Gasteiger partial charge in [-0.1, -0.05) is 0 Å². The Morgan fingerprint density at radius 3 is 2.76 bits per heavy atom. The fourth-order valence-electron chi connectivity index (χ4n) is 1.46. The summed E-state index contributed by atoms with van der Waals surface area (Å²) < 4.78 is 26.9. The third-order valence-electron chi connectivity index (χ3n) is 2.13. The maximum absolute atomic E-state index is 11.0. The van der Waals surface area contributed by atoms with Crippen LogP contribution in [-0.2, 0) is 16.4 Å². The summed E-state index contributed by atoms with van der Waals surface area (Å²) in [5, 5.41) is 11.7. The molecular weight excluding hydrogens is 246 g/mol. The Bertz CT molecular complexity index is 491. The number of hydrogen-bond acceptors (Lipinski definition) is 5. The van der Waals surface area contributed by atoms with Crippen LogP contribution in [0.1, 0.15) is 23.0 Å². The monoisotopic (exact) mass is 261 g/mol. The number of nitrogens with one attached hydrogen (secondary N) is 1. The van der Waals surface area contributed by atoms with E-state index in [1.807, 2.05) is 0 Å². The SMILES string of the molecule is CC(CS(C)(=O)=O)NCc1ccoc1C(=O)O. The van der Waals surface area contributed by atoms with Gasteiger partial charge in [0, 0.05) is 24.4 Å². The molecule has 0 spiro atoms. The quantitative estimate of drug-likeness (QED) is 0.774. The van der Waals surface area contributed by atoms with Crippen LogP contribution in [0.4, 0.5) is 0 Å². The maximum atomic E-state index is 11.0. The molecule has 0 aliphatic heterocycles. The van der Waals surface area contributed by atoms with E-state index in [0.717, 1.165) is 6.26 Å². The highest BCUT2D eigenvalue weighted by molar-refractivity contribution is 7.90. The first-order valence-corrected chi connectivity index (χ1v) is 7.06. The molecule has 0 saturated heterocycles. The van der Waals surface area contributed by atoms with E-state index in [0.29, 0.717) is 5.56 Å². The summed E-state index contributed by atoms with van der Waals surface area (Å²) in [7, 11) is -3.04. The maximum Gasteiger partial charge on any atom is 0.372 e. The fraction of sp³-hybridized carbons (Fsp3) is 0.500. The second-order valence-electron chi connectivity index (χ2n) is 3.95. The largest absolute Gasteiger partial charge is 0.475 e. The van der Waals surface area contributed by atoms with Crippen LogP contribution in [0.25, 0.3) is 0 Å². The summed E-state index contributed by atoms with van der Waals surface area (Å²) in [5.41, 5.74) is 0.498. The van der Waals surface area contributed by atoms with Crippen LogP contribution >= 0.6 is 0 Å². The second-order valence-corrected chi connectivity index (χ2v) is 6.14. The lowest BCUT2D eigenvalue weighted by atomic mass is 10.2. The van der Waals surface area contributed by atoms with Gasteiger partial charge in [-0.05, 0) is 13.0 Å². The Labute approximate surface area is 99.5 Å². The summed E-state index contributed by atoms with van der Waals surface area (Å²) in [6, 6.07) is 1.30. The molecule has 2 N–H and O–H groups in total. The molecule has 0 amide bonds. The zero-order valence-corrected chi connectivity index (χ0v) is 10.5. The number of hydrogen-bond donors (Lipinski definition) is 2. The van der Waals surface area contributed by atoms with Crippen LogP contribution in [0, 0.1) is 0 Å². The first kappa shape index (κ1) is 13.7. The molecule has 0 aliphatic rings. The minimum Gasteiger partial charge on any atom is -0.475 e.